The molecule has 0 atom stereocenters. The summed E-state index contributed by atoms with van der Waals surface area (Å²) in [4.78, 5) is 0. The molecule has 0 fully saturated rings. The van der Waals surface area contributed by atoms with Crippen molar-refractivity contribution >= 4 is 12.2 Å². The van der Waals surface area contributed by atoms with Crippen molar-refractivity contribution in [2.45, 2.75) is 33.1 Å². The van der Waals surface area contributed by atoms with E-state index in [0.717, 1.165) is 35.5 Å². The molecule has 0 unspecified atom stereocenters. The summed E-state index contributed by atoms with van der Waals surface area (Å²) in [7, 11) is 0. The van der Waals surface area contributed by atoms with E-state index in [1.165, 1.54) is 24.0 Å². The summed E-state index contributed by atoms with van der Waals surface area (Å²) in [6, 6.07) is 24.4. The van der Waals surface area contributed by atoms with E-state index >= 15 is 0 Å². The molecule has 1 aromatic heterocycles. The van der Waals surface area contributed by atoms with Gasteiger partial charge in [0.15, 0.2) is 0 Å². The molecule has 0 aliphatic carbocycles. The number of hydrogen-bond acceptors (Lipinski definition) is 4. The van der Waals surface area contributed by atoms with Gasteiger partial charge in [0.2, 0.25) is 11.8 Å². The highest BCUT2D eigenvalue weighted by Gasteiger charge is 2.10. The van der Waals surface area contributed by atoms with Crippen molar-refractivity contribution < 1.29 is 9.15 Å². The van der Waals surface area contributed by atoms with Gasteiger partial charge in [0.1, 0.15) is 5.75 Å². The Kier molecular flexibility index (Phi) is 7.13. The Morgan fingerprint density at radius 2 is 1.25 bits per heavy atom. The van der Waals surface area contributed by atoms with E-state index in [1.807, 2.05) is 36.4 Å². The lowest BCUT2D eigenvalue weighted by atomic mass is 10.1. The Labute approximate surface area is 189 Å². The first-order valence-corrected chi connectivity index (χ1v) is 11.1. The predicted molar refractivity (Wildman–Crippen MR) is 130 cm³/mol. The maximum absolute atomic E-state index is 5.91. The summed E-state index contributed by atoms with van der Waals surface area (Å²) in [6.45, 7) is 5.02. The van der Waals surface area contributed by atoms with Crippen LogP contribution in [0.2, 0.25) is 0 Å². The molecule has 0 amide bonds. The highest BCUT2D eigenvalue weighted by Crippen LogP contribution is 2.26. The van der Waals surface area contributed by atoms with Gasteiger partial charge in [-0.05, 0) is 60.9 Å². The van der Waals surface area contributed by atoms with Crippen LogP contribution in [0.15, 0.2) is 77.2 Å². The standard InChI is InChI=1S/C28H28N2O2/c1-3-4-5-20-31-26-18-16-25(17-19-26)28-30-29-27(32-28)24-14-12-23(13-15-24)11-10-22-8-6-21(2)7-9-22/h6-19H,3-5,20H2,1-2H3/b11-10+. The molecule has 4 rings (SSSR count). The molecule has 0 saturated heterocycles. The minimum atomic E-state index is 0.501. The van der Waals surface area contributed by atoms with Crippen molar-refractivity contribution in [3.63, 3.8) is 0 Å². The van der Waals surface area contributed by atoms with Crippen molar-refractivity contribution in [3.8, 4) is 28.7 Å². The van der Waals surface area contributed by atoms with Crippen LogP contribution in [0.25, 0.3) is 35.1 Å². The third kappa shape index (κ3) is 5.73. The molecule has 3 aromatic carbocycles. The maximum Gasteiger partial charge on any atom is 0.248 e. The third-order valence-corrected chi connectivity index (χ3v) is 5.25. The van der Waals surface area contributed by atoms with Gasteiger partial charge in [-0.1, -0.05) is 73.9 Å². The SMILES string of the molecule is CCCCCOc1ccc(-c2nnc(-c3ccc(/C=C/c4ccc(C)cc4)cc3)o2)cc1. The second-order valence-corrected chi connectivity index (χ2v) is 7.86. The van der Waals surface area contributed by atoms with E-state index < -0.39 is 0 Å². The summed E-state index contributed by atoms with van der Waals surface area (Å²) >= 11 is 0. The summed E-state index contributed by atoms with van der Waals surface area (Å²) in [5.74, 6) is 1.87. The van der Waals surface area contributed by atoms with E-state index in [9.17, 15) is 0 Å². The molecule has 162 valence electrons. The first kappa shape index (κ1) is 21.6. The Morgan fingerprint density at radius 3 is 1.81 bits per heavy atom. The quantitative estimate of drug-likeness (QED) is 0.207. The number of hydrogen-bond donors (Lipinski definition) is 0. The van der Waals surface area contributed by atoms with Crippen LogP contribution in [0.3, 0.4) is 0 Å². The van der Waals surface area contributed by atoms with E-state index in [2.05, 4.69) is 72.6 Å². The molecule has 0 aliphatic rings. The van der Waals surface area contributed by atoms with Crippen LogP contribution in [-0.4, -0.2) is 16.8 Å². The number of nitrogens with zero attached hydrogens (tertiary/aromatic N) is 2. The number of benzene rings is 3. The molecule has 0 spiro atoms. The average Bonchev–Trinajstić information content (AvgIpc) is 3.33. The molecule has 32 heavy (non-hydrogen) atoms. The van der Waals surface area contributed by atoms with Gasteiger partial charge in [-0.25, -0.2) is 0 Å². The molecule has 0 bridgehead atoms. The van der Waals surface area contributed by atoms with Crippen LogP contribution >= 0.6 is 0 Å². The van der Waals surface area contributed by atoms with Crippen molar-refractivity contribution in [1.29, 1.82) is 0 Å². The molecular weight excluding hydrogens is 396 g/mol. The van der Waals surface area contributed by atoms with Crippen LogP contribution < -0.4 is 4.74 Å². The van der Waals surface area contributed by atoms with Gasteiger partial charge in [-0.2, -0.15) is 0 Å². The fourth-order valence-corrected chi connectivity index (χ4v) is 3.30. The van der Waals surface area contributed by atoms with Crippen molar-refractivity contribution in [2.24, 2.45) is 0 Å². The number of rotatable bonds is 9. The molecule has 4 aromatic rings. The van der Waals surface area contributed by atoms with Crippen LogP contribution in [-0.2, 0) is 0 Å². The van der Waals surface area contributed by atoms with Crippen LogP contribution in [0.5, 0.6) is 5.75 Å². The summed E-state index contributed by atoms with van der Waals surface area (Å²) in [5.41, 5.74) is 5.33. The van der Waals surface area contributed by atoms with Gasteiger partial charge in [0.25, 0.3) is 0 Å². The fraction of sp³-hybridized carbons (Fsp3) is 0.214. The molecule has 4 heteroatoms. The second kappa shape index (κ2) is 10.6. The van der Waals surface area contributed by atoms with Crippen LogP contribution in [0.4, 0.5) is 0 Å². The zero-order chi connectivity index (χ0) is 22.2. The fourth-order valence-electron chi connectivity index (χ4n) is 3.30. The number of ether oxygens (including phenoxy) is 1. The minimum absolute atomic E-state index is 0.501. The monoisotopic (exact) mass is 424 g/mol. The van der Waals surface area contributed by atoms with Crippen molar-refractivity contribution in [3.05, 3.63) is 89.5 Å². The van der Waals surface area contributed by atoms with E-state index in [0.29, 0.717) is 11.8 Å². The molecule has 1 heterocycles. The Bertz CT molecular complexity index is 1140. The van der Waals surface area contributed by atoms with Gasteiger partial charge in [0.05, 0.1) is 6.61 Å². The zero-order valence-corrected chi connectivity index (χ0v) is 18.6. The first-order valence-electron chi connectivity index (χ1n) is 11.1. The molecule has 0 saturated carbocycles. The van der Waals surface area contributed by atoms with Crippen molar-refractivity contribution in [1.82, 2.24) is 10.2 Å². The second-order valence-electron chi connectivity index (χ2n) is 7.86. The van der Waals surface area contributed by atoms with Gasteiger partial charge in [-0.3, -0.25) is 0 Å². The van der Waals surface area contributed by atoms with Gasteiger partial charge < -0.3 is 9.15 Å². The van der Waals surface area contributed by atoms with Gasteiger partial charge in [-0.15, -0.1) is 10.2 Å². The molecule has 0 aliphatic heterocycles. The normalized spacial score (nSPS) is 11.2. The molecule has 4 nitrogen and oxygen atoms in total. The Hall–Kier alpha value is -3.66. The minimum Gasteiger partial charge on any atom is -0.494 e. The predicted octanol–water partition coefficient (Wildman–Crippen LogP) is 7.45. The number of aromatic nitrogens is 2. The average molecular weight is 425 g/mol. The third-order valence-electron chi connectivity index (χ3n) is 5.25. The van der Waals surface area contributed by atoms with E-state index in [-0.39, 0.29) is 0 Å². The molecule has 0 N–H and O–H groups in total. The molecule has 0 radical (unpaired) electrons. The van der Waals surface area contributed by atoms with Gasteiger partial charge >= 0.3 is 0 Å². The van der Waals surface area contributed by atoms with Gasteiger partial charge in [0, 0.05) is 11.1 Å². The lowest BCUT2D eigenvalue weighted by Gasteiger charge is -2.05. The van der Waals surface area contributed by atoms with E-state index in [1.54, 1.807) is 0 Å². The van der Waals surface area contributed by atoms with Crippen molar-refractivity contribution in [2.75, 3.05) is 6.61 Å². The smallest absolute Gasteiger partial charge is 0.248 e. The number of unbranched alkanes of at least 4 members (excludes halogenated alkanes) is 2. The van der Waals surface area contributed by atoms with Crippen LogP contribution in [0.1, 0.15) is 42.9 Å². The highest BCUT2D eigenvalue weighted by molar-refractivity contribution is 5.71. The zero-order valence-electron chi connectivity index (χ0n) is 18.6. The molecular formula is C28H28N2O2. The van der Waals surface area contributed by atoms with Crippen LogP contribution in [0, 0.1) is 6.92 Å². The van der Waals surface area contributed by atoms with E-state index in [4.69, 9.17) is 9.15 Å². The topological polar surface area (TPSA) is 48.2 Å². The lowest BCUT2D eigenvalue weighted by Crippen LogP contribution is -1.96. The summed E-state index contributed by atoms with van der Waals surface area (Å²) in [6.07, 6.45) is 7.66. The summed E-state index contributed by atoms with van der Waals surface area (Å²) < 4.78 is 11.7. The Balaban J connectivity index is 1.39. The maximum atomic E-state index is 5.91. The highest BCUT2D eigenvalue weighted by atomic mass is 16.5. The number of aryl methyl sites for hydroxylation is 1. The largest absolute Gasteiger partial charge is 0.494 e. The lowest BCUT2D eigenvalue weighted by molar-refractivity contribution is 0.306. The summed E-state index contributed by atoms with van der Waals surface area (Å²) in [5, 5.41) is 8.43. The first-order chi connectivity index (χ1) is 15.7. The Morgan fingerprint density at radius 1 is 0.719 bits per heavy atom.